The average Bonchev–Trinajstić information content (AvgIpc) is 2.45. The fourth-order valence-corrected chi connectivity index (χ4v) is 2.49. The molecule has 1 saturated heterocycles. The van der Waals surface area contributed by atoms with Crippen molar-refractivity contribution >= 4 is 12.2 Å². The number of rotatable bonds is 5. The summed E-state index contributed by atoms with van der Waals surface area (Å²) >= 11 is 0. The van der Waals surface area contributed by atoms with Gasteiger partial charge in [-0.1, -0.05) is 43.5 Å². The predicted molar refractivity (Wildman–Crippen MR) is 79.6 cm³/mol. The number of piperazine rings is 1. The molecule has 1 fully saturated rings. The van der Waals surface area contributed by atoms with E-state index in [1.54, 1.807) is 0 Å². The molecule has 1 heterocycles. The maximum absolute atomic E-state index is 3.92. The highest BCUT2D eigenvalue weighted by Gasteiger charge is 2.10. The SMILES string of the molecule is C=Cc1cccc(CCN2CCNCC2)c1C=C. The van der Waals surface area contributed by atoms with E-state index in [-0.39, 0.29) is 0 Å². The van der Waals surface area contributed by atoms with Gasteiger partial charge >= 0.3 is 0 Å². The lowest BCUT2D eigenvalue weighted by molar-refractivity contribution is 0.244. The van der Waals surface area contributed by atoms with Gasteiger partial charge < -0.3 is 10.2 Å². The third-order valence-corrected chi connectivity index (χ3v) is 3.56. The molecular formula is C16H22N2. The molecule has 1 aliphatic rings. The maximum Gasteiger partial charge on any atom is 0.0108 e. The second-order valence-electron chi connectivity index (χ2n) is 4.67. The maximum atomic E-state index is 3.92. The molecule has 1 aromatic carbocycles. The quantitative estimate of drug-likeness (QED) is 0.853. The molecule has 0 atom stereocenters. The van der Waals surface area contributed by atoms with Crippen LogP contribution in [0.15, 0.2) is 31.4 Å². The number of benzene rings is 1. The van der Waals surface area contributed by atoms with E-state index in [1.807, 2.05) is 12.2 Å². The first kappa shape index (κ1) is 13.1. The molecule has 0 aliphatic carbocycles. The smallest absolute Gasteiger partial charge is 0.0108 e. The molecule has 0 aromatic heterocycles. The minimum absolute atomic E-state index is 1.09. The molecule has 0 spiro atoms. The molecule has 0 saturated carbocycles. The highest BCUT2D eigenvalue weighted by Crippen LogP contribution is 2.18. The van der Waals surface area contributed by atoms with Gasteiger partial charge in [-0.05, 0) is 23.1 Å². The summed E-state index contributed by atoms with van der Waals surface area (Å²) in [5, 5.41) is 3.38. The fraction of sp³-hybridized carbons (Fsp3) is 0.375. The highest BCUT2D eigenvalue weighted by molar-refractivity contribution is 5.66. The van der Waals surface area contributed by atoms with E-state index < -0.39 is 0 Å². The minimum Gasteiger partial charge on any atom is -0.314 e. The van der Waals surface area contributed by atoms with Gasteiger partial charge in [0.25, 0.3) is 0 Å². The van der Waals surface area contributed by atoms with Crippen LogP contribution in [0.5, 0.6) is 0 Å². The van der Waals surface area contributed by atoms with E-state index in [1.165, 1.54) is 16.7 Å². The van der Waals surface area contributed by atoms with Gasteiger partial charge in [0.05, 0.1) is 0 Å². The molecule has 2 rings (SSSR count). The van der Waals surface area contributed by atoms with Crippen LogP contribution in [0, 0.1) is 0 Å². The third kappa shape index (κ3) is 3.09. The zero-order valence-corrected chi connectivity index (χ0v) is 11.0. The zero-order valence-electron chi connectivity index (χ0n) is 11.0. The van der Waals surface area contributed by atoms with Crippen molar-refractivity contribution < 1.29 is 0 Å². The average molecular weight is 242 g/mol. The Balaban J connectivity index is 2.03. The Hall–Kier alpha value is -1.38. The highest BCUT2D eigenvalue weighted by atomic mass is 15.2. The summed E-state index contributed by atoms with van der Waals surface area (Å²) in [5.74, 6) is 0. The van der Waals surface area contributed by atoms with Crippen molar-refractivity contribution in [2.24, 2.45) is 0 Å². The third-order valence-electron chi connectivity index (χ3n) is 3.56. The summed E-state index contributed by atoms with van der Waals surface area (Å²) in [4.78, 5) is 2.52. The largest absolute Gasteiger partial charge is 0.314 e. The molecule has 18 heavy (non-hydrogen) atoms. The van der Waals surface area contributed by atoms with Crippen molar-refractivity contribution in [1.82, 2.24) is 10.2 Å². The van der Waals surface area contributed by atoms with Crippen molar-refractivity contribution in [3.05, 3.63) is 48.0 Å². The molecule has 0 amide bonds. The Morgan fingerprint density at radius 2 is 1.94 bits per heavy atom. The summed E-state index contributed by atoms with van der Waals surface area (Å²) < 4.78 is 0. The molecule has 0 radical (unpaired) electrons. The molecule has 96 valence electrons. The lowest BCUT2D eigenvalue weighted by Gasteiger charge is -2.27. The van der Waals surface area contributed by atoms with Crippen molar-refractivity contribution in [2.45, 2.75) is 6.42 Å². The first-order chi connectivity index (χ1) is 8.85. The molecule has 0 bridgehead atoms. The summed E-state index contributed by atoms with van der Waals surface area (Å²) in [6.45, 7) is 13.5. The van der Waals surface area contributed by atoms with Gasteiger partial charge in [0.2, 0.25) is 0 Å². The van der Waals surface area contributed by atoms with Crippen LogP contribution in [0.4, 0.5) is 0 Å². The van der Waals surface area contributed by atoms with Crippen molar-refractivity contribution in [2.75, 3.05) is 32.7 Å². The van der Waals surface area contributed by atoms with Gasteiger partial charge in [0.15, 0.2) is 0 Å². The summed E-state index contributed by atoms with van der Waals surface area (Å²) in [6.07, 6.45) is 4.94. The topological polar surface area (TPSA) is 15.3 Å². The van der Waals surface area contributed by atoms with E-state index in [0.29, 0.717) is 0 Å². The second-order valence-corrected chi connectivity index (χ2v) is 4.67. The Morgan fingerprint density at radius 1 is 1.17 bits per heavy atom. The molecule has 2 nitrogen and oxygen atoms in total. The van der Waals surface area contributed by atoms with E-state index in [2.05, 4.69) is 41.6 Å². The van der Waals surface area contributed by atoms with Crippen LogP contribution in [0.2, 0.25) is 0 Å². The van der Waals surface area contributed by atoms with Crippen molar-refractivity contribution in [3.8, 4) is 0 Å². The van der Waals surface area contributed by atoms with Gasteiger partial charge in [-0.3, -0.25) is 0 Å². The lowest BCUT2D eigenvalue weighted by atomic mass is 9.98. The molecule has 0 unspecified atom stereocenters. The van der Waals surface area contributed by atoms with E-state index in [9.17, 15) is 0 Å². The number of nitrogens with zero attached hydrogens (tertiary/aromatic N) is 1. The van der Waals surface area contributed by atoms with E-state index >= 15 is 0 Å². The van der Waals surface area contributed by atoms with Crippen LogP contribution < -0.4 is 5.32 Å². The standard InChI is InChI=1S/C16H22N2/c1-3-14-6-5-7-15(16(14)4-2)8-11-18-12-9-17-10-13-18/h3-7,17H,1-2,8-13H2. The number of hydrogen-bond acceptors (Lipinski definition) is 2. The Morgan fingerprint density at radius 3 is 2.61 bits per heavy atom. The number of nitrogens with one attached hydrogen (secondary N) is 1. The Bertz CT molecular complexity index is 417. The predicted octanol–water partition coefficient (Wildman–Crippen LogP) is 2.42. The van der Waals surface area contributed by atoms with Crippen LogP contribution in [0.1, 0.15) is 16.7 Å². The van der Waals surface area contributed by atoms with Gasteiger partial charge in [-0.2, -0.15) is 0 Å². The van der Waals surface area contributed by atoms with Crippen LogP contribution in [0.3, 0.4) is 0 Å². The minimum atomic E-state index is 1.09. The normalized spacial score (nSPS) is 16.4. The van der Waals surface area contributed by atoms with Gasteiger partial charge in [0, 0.05) is 32.7 Å². The fourth-order valence-electron chi connectivity index (χ4n) is 2.49. The Kier molecular flexibility index (Phi) is 4.73. The molecule has 2 heteroatoms. The first-order valence-electron chi connectivity index (χ1n) is 6.65. The molecule has 1 aliphatic heterocycles. The van der Waals surface area contributed by atoms with Crippen LogP contribution >= 0.6 is 0 Å². The molecule has 1 aromatic rings. The molecular weight excluding hydrogens is 220 g/mol. The Labute approximate surface area is 110 Å². The van der Waals surface area contributed by atoms with Crippen molar-refractivity contribution in [1.29, 1.82) is 0 Å². The summed E-state index contributed by atoms with van der Waals surface area (Å²) in [6, 6.07) is 6.40. The number of hydrogen-bond donors (Lipinski definition) is 1. The lowest BCUT2D eigenvalue weighted by Crippen LogP contribution is -2.44. The van der Waals surface area contributed by atoms with E-state index in [4.69, 9.17) is 0 Å². The monoisotopic (exact) mass is 242 g/mol. The van der Waals surface area contributed by atoms with Crippen LogP contribution in [-0.4, -0.2) is 37.6 Å². The van der Waals surface area contributed by atoms with Gasteiger partial charge in [-0.15, -0.1) is 0 Å². The van der Waals surface area contributed by atoms with Gasteiger partial charge in [0.1, 0.15) is 0 Å². The second kappa shape index (κ2) is 6.53. The van der Waals surface area contributed by atoms with Crippen LogP contribution in [-0.2, 0) is 6.42 Å². The summed E-state index contributed by atoms with van der Waals surface area (Å²) in [7, 11) is 0. The molecule has 1 N–H and O–H groups in total. The summed E-state index contributed by atoms with van der Waals surface area (Å²) in [5.41, 5.74) is 3.80. The van der Waals surface area contributed by atoms with Crippen LogP contribution in [0.25, 0.3) is 12.2 Å². The van der Waals surface area contributed by atoms with Gasteiger partial charge in [-0.25, -0.2) is 0 Å². The van der Waals surface area contributed by atoms with Crippen molar-refractivity contribution in [3.63, 3.8) is 0 Å². The zero-order chi connectivity index (χ0) is 12.8. The first-order valence-corrected chi connectivity index (χ1v) is 6.65. The van der Waals surface area contributed by atoms with E-state index in [0.717, 1.165) is 39.1 Å².